The van der Waals surface area contributed by atoms with Gasteiger partial charge in [0, 0.05) is 22.7 Å². The van der Waals surface area contributed by atoms with E-state index < -0.39 is 9.84 Å². The topological polar surface area (TPSA) is 88.1 Å². The molecule has 0 radical (unpaired) electrons. The second kappa shape index (κ2) is 8.92. The summed E-state index contributed by atoms with van der Waals surface area (Å²) in [7, 11) is -1.46. The van der Waals surface area contributed by atoms with Crippen molar-refractivity contribution in [3.05, 3.63) is 54.1 Å². The first-order valence-corrected chi connectivity index (χ1v) is 12.8. The van der Waals surface area contributed by atoms with Crippen LogP contribution in [-0.4, -0.2) is 55.9 Å². The standard InChI is InChI=1S/C22H25N3O4S2/c1-3-15-7-9-17(10-8-15)25(22-24-19-13-31(27,28)14-20(19)30-22)12-21(26)23-16-5-4-6-18(11-16)29-2/h4-11,19-20H,3,12-14H2,1-2H3,(H,23,26)/t19-,20-/m1/s1. The van der Waals surface area contributed by atoms with Crippen molar-refractivity contribution in [3.8, 4) is 5.75 Å². The molecule has 1 saturated heterocycles. The highest BCUT2D eigenvalue weighted by Crippen LogP contribution is 2.36. The van der Waals surface area contributed by atoms with Crippen LogP contribution in [0.5, 0.6) is 5.75 Å². The lowest BCUT2D eigenvalue weighted by molar-refractivity contribution is -0.114. The van der Waals surface area contributed by atoms with Crippen molar-refractivity contribution in [2.45, 2.75) is 24.6 Å². The van der Waals surface area contributed by atoms with Crippen LogP contribution in [0.25, 0.3) is 0 Å². The summed E-state index contributed by atoms with van der Waals surface area (Å²) < 4.78 is 29.1. The van der Waals surface area contributed by atoms with E-state index in [2.05, 4.69) is 17.2 Å². The van der Waals surface area contributed by atoms with Crippen molar-refractivity contribution in [1.29, 1.82) is 0 Å². The molecule has 2 aliphatic rings. The second-order valence-corrected chi connectivity index (χ2v) is 11.0. The minimum Gasteiger partial charge on any atom is -0.497 e. The largest absolute Gasteiger partial charge is 0.497 e. The highest BCUT2D eigenvalue weighted by molar-refractivity contribution is 8.15. The third-order valence-electron chi connectivity index (χ3n) is 5.35. The van der Waals surface area contributed by atoms with Crippen LogP contribution in [0.4, 0.5) is 11.4 Å². The van der Waals surface area contributed by atoms with Gasteiger partial charge in [0.15, 0.2) is 15.0 Å². The van der Waals surface area contributed by atoms with Gasteiger partial charge in [-0.15, -0.1) is 0 Å². The normalized spacial score (nSPS) is 21.3. The maximum absolute atomic E-state index is 12.9. The average molecular weight is 460 g/mol. The number of sulfone groups is 1. The molecule has 0 unspecified atom stereocenters. The molecular weight excluding hydrogens is 434 g/mol. The molecule has 7 nitrogen and oxygen atoms in total. The Morgan fingerprint density at radius 1 is 1.23 bits per heavy atom. The van der Waals surface area contributed by atoms with Gasteiger partial charge >= 0.3 is 0 Å². The molecule has 2 aromatic rings. The maximum atomic E-state index is 12.9. The minimum absolute atomic E-state index is 0.0701. The van der Waals surface area contributed by atoms with Crippen LogP contribution in [0.15, 0.2) is 53.5 Å². The monoisotopic (exact) mass is 459 g/mol. The molecule has 164 valence electrons. The van der Waals surface area contributed by atoms with Crippen molar-refractivity contribution in [3.63, 3.8) is 0 Å². The van der Waals surface area contributed by atoms with Crippen molar-refractivity contribution in [1.82, 2.24) is 0 Å². The maximum Gasteiger partial charge on any atom is 0.244 e. The van der Waals surface area contributed by atoms with Crippen LogP contribution in [0.3, 0.4) is 0 Å². The van der Waals surface area contributed by atoms with Gasteiger partial charge in [-0.2, -0.15) is 0 Å². The second-order valence-electron chi connectivity index (χ2n) is 7.60. The van der Waals surface area contributed by atoms with Crippen LogP contribution in [0.2, 0.25) is 0 Å². The third kappa shape index (κ3) is 5.04. The van der Waals surface area contributed by atoms with E-state index in [4.69, 9.17) is 4.74 Å². The number of amides is 1. The molecule has 4 rings (SSSR count). The van der Waals surface area contributed by atoms with Crippen LogP contribution in [0.1, 0.15) is 12.5 Å². The van der Waals surface area contributed by atoms with Gasteiger partial charge < -0.3 is 15.0 Å². The van der Waals surface area contributed by atoms with Gasteiger partial charge in [-0.25, -0.2) is 8.42 Å². The Hall–Kier alpha value is -2.52. The Bertz CT molecular complexity index is 1100. The number of thioether (sulfide) groups is 1. The smallest absolute Gasteiger partial charge is 0.244 e. The Kier molecular flexibility index (Phi) is 6.24. The lowest BCUT2D eigenvalue weighted by Gasteiger charge is -2.24. The summed E-state index contributed by atoms with van der Waals surface area (Å²) in [4.78, 5) is 19.4. The fourth-order valence-electron chi connectivity index (χ4n) is 3.70. The van der Waals surface area contributed by atoms with Crippen molar-refractivity contribution in [2.75, 3.05) is 35.4 Å². The summed E-state index contributed by atoms with van der Waals surface area (Å²) in [5, 5.41) is 3.51. The van der Waals surface area contributed by atoms with Crippen LogP contribution >= 0.6 is 11.8 Å². The number of aliphatic imine (C=N–C) groups is 1. The number of fused-ring (bicyclic) bond motifs is 1. The Morgan fingerprint density at radius 3 is 2.68 bits per heavy atom. The van der Waals surface area contributed by atoms with Crippen LogP contribution < -0.4 is 15.0 Å². The summed E-state index contributed by atoms with van der Waals surface area (Å²) in [5.74, 6) is 0.677. The summed E-state index contributed by atoms with van der Waals surface area (Å²) in [5.41, 5.74) is 2.70. The van der Waals surface area contributed by atoms with E-state index in [1.165, 1.54) is 17.3 Å². The van der Waals surface area contributed by atoms with E-state index in [-0.39, 0.29) is 35.2 Å². The zero-order chi connectivity index (χ0) is 22.0. The summed E-state index contributed by atoms with van der Waals surface area (Å²) >= 11 is 1.45. The summed E-state index contributed by atoms with van der Waals surface area (Å²) in [6.07, 6.45) is 0.925. The Balaban J connectivity index is 1.56. The predicted molar refractivity (Wildman–Crippen MR) is 126 cm³/mol. The van der Waals surface area contributed by atoms with E-state index in [1.807, 2.05) is 41.3 Å². The zero-order valence-electron chi connectivity index (χ0n) is 17.4. The van der Waals surface area contributed by atoms with Crippen molar-refractivity contribution < 1.29 is 17.9 Å². The van der Waals surface area contributed by atoms with Crippen molar-refractivity contribution >= 4 is 44.0 Å². The highest BCUT2D eigenvalue weighted by Gasteiger charge is 2.44. The van der Waals surface area contributed by atoms with E-state index >= 15 is 0 Å². The molecule has 0 bridgehead atoms. The van der Waals surface area contributed by atoms with Gasteiger partial charge in [0.2, 0.25) is 5.91 Å². The van der Waals surface area contributed by atoms with Gasteiger partial charge in [0.1, 0.15) is 12.3 Å². The molecule has 0 aromatic heterocycles. The van der Waals surface area contributed by atoms with E-state index in [9.17, 15) is 13.2 Å². The number of ether oxygens (including phenoxy) is 1. The fraction of sp³-hybridized carbons (Fsp3) is 0.364. The van der Waals surface area contributed by atoms with Gasteiger partial charge in [0.05, 0.1) is 24.7 Å². The van der Waals surface area contributed by atoms with E-state index in [1.54, 1.807) is 19.2 Å². The number of rotatable bonds is 6. The number of anilines is 2. The number of nitrogens with zero attached hydrogens (tertiary/aromatic N) is 2. The molecule has 1 N–H and O–H groups in total. The molecule has 2 aromatic carbocycles. The molecule has 0 spiro atoms. The minimum atomic E-state index is -3.04. The zero-order valence-corrected chi connectivity index (χ0v) is 19.1. The predicted octanol–water partition coefficient (Wildman–Crippen LogP) is 2.97. The van der Waals surface area contributed by atoms with Gasteiger partial charge in [0.25, 0.3) is 0 Å². The summed E-state index contributed by atoms with van der Waals surface area (Å²) in [6.45, 7) is 2.16. The SMILES string of the molecule is CCc1ccc(N(CC(=O)Nc2cccc(OC)c2)C2=N[C@@H]3CS(=O)(=O)C[C@H]3S2)cc1. The highest BCUT2D eigenvalue weighted by atomic mass is 32.2. The van der Waals surface area contributed by atoms with Crippen molar-refractivity contribution in [2.24, 2.45) is 4.99 Å². The average Bonchev–Trinajstić information content (AvgIpc) is 3.25. The Morgan fingerprint density at radius 2 is 2.00 bits per heavy atom. The van der Waals surface area contributed by atoms with Gasteiger partial charge in [-0.3, -0.25) is 9.79 Å². The lowest BCUT2D eigenvalue weighted by Crippen LogP contribution is -2.36. The molecule has 2 heterocycles. The van der Waals surface area contributed by atoms with Crippen LogP contribution in [-0.2, 0) is 21.1 Å². The molecule has 0 saturated carbocycles. The molecule has 2 atom stereocenters. The molecule has 9 heteroatoms. The molecule has 0 aliphatic carbocycles. The van der Waals surface area contributed by atoms with E-state index in [0.717, 1.165) is 12.1 Å². The molecule has 2 aliphatic heterocycles. The first-order chi connectivity index (χ1) is 14.9. The number of carbonyl (C=O) groups is 1. The number of hydrogen-bond acceptors (Lipinski definition) is 7. The molecule has 1 fully saturated rings. The first kappa shape index (κ1) is 21.7. The number of aryl methyl sites for hydroxylation is 1. The summed E-state index contributed by atoms with van der Waals surface area (Å²) in [6, 6.07) is 15.0. The lowest BCUT2D eigenvalue weighted by atomic mass is 10.1. The number of carbonyl (C=O) groups excluding carboxylic acids is 1. The quantitative estimate of drug-likeness (QED) is 0.715. The number of methoxy groups -OCH3 is 1. The molecule has 1 amide bonds. The third-order valence-corrected chi connectivity index (χ3v) is 8.60. The van der Waals surface area contributed by atoms with Gasteiger partial charge in [-0.05, 0) is 36.2 Å². The molecular formula is C22H25N3O4S2. The number of benzene rings is 2. The Labute approximate surface area is 186 Å². The fourth-order valence-corrected chi connectivity index (χ4v) is 7.48. The first-order valence-electron chi connectivity index (χ1n) is 10.1. The van der Waals surface area contributed by atoms with E-state index in [0.29, 0.717) is 16.6 Å². The molecule has 31 heavy (non-hydrogen) atoms. The number of hydrogen-bond donors (Lipinski definition) is 1. The number of nitrogens with one attached hydrogen (secondary N) is 1. The number of amidine groups is 1. The van der Waals surface area contributed by atoms with Crippen LogP contribution in [0, 0.1) is 0 Å². The van der Waals surface area contributed by atoms with Gasteiger partial charge in [-0.1, -0.05) is 36.9 Å².